The van der Waals surface area contributed by atoms with Crippen molar-refractivity contribution in [3.05, 3.63) is 17.8 Å². The van der Waals surface area contributed by atoms with Crippen molar-refractivity contribution in [1.82, 2.24) is 9.88 Å². The van der Waals surface area contributed by atoms with Crippen LogP contribution in [0.25, 0.3) is 0 Å². The Hall–Kier alpha value is -1.83. The fraction of sp³-hybridized carbons (Fsp3) is 0.538. The van der Waals surface area contributed by atoms with Gasteiger partial charge in [-0.15, -0.1) is 0 Å². The van der Waals surface area contributed by atoms with Crippen molar-refractivity contribution in [2.45, 2.75) is 6.92 Å². The quantitative estimate of drug-likeness (QED) is 0.867. The van der Waals surface area contributed by atoms with Gasteiger partial charge in [0.25, 0.3) is 0 Å². The van der Waals surface area contributed by atoms with Crippen molar-refractivity contribution in [2.24, 2.45) is 5.41 Å². The maximum absolute atomic E-state index is 12.1. The molecule has 3 rings (SSSR count). The van der Waals surface area contributed by atoms with Gasteiger partial charge in [0.15, 0.2) is 9.84 Å². The lowest BCUT2D eigenvalue weighted by Crippen LogP contribution is -2.69. The lowest BCUT2D eigenvalue weighted by atomic mass is 9.83. The molecule has 0 radical (unpaired) electrons. The van der Waals surface area contributed by atoms with E-state index >= 15 is 0 Å². The summed E-state index contributed by atoms with van der Waals surface area (Å²) in [5.41, 5.74) is 1.23. The van der Waals surface area contributed by atoms with E-state index in [1.165, 1.54) is 7.11 Å². The molecule has 2 fully saturated rings. The Labute approximate surface area is 123 Å². The Morgan fingerprint density at radius 1 is 1.43 bits per heavy atom. The number of sulfone groups is 1. The molecule has 0 aromatic carbocycles. The second-order valence-corrected chi connectivity index (χ2v) is 7.95. The molecule has 3 heterocycles. The standard InChI is InChI=1S/C13H17N3O4S/c1-9-3-10(11(20-2)14-4-9)15-12(17)16-5-13(6-16)7-21(18,19)8-13/h3-4H,5-8H2,1-2H3,(H,15,17). The third-order valence-corrected chi connectivity index (χ3v) is 5.92. The highest BCUT2D eigenvalue weighted by Crippen LogP contribution is 2.41. The number of carbonyl (C=O) groups is 1. The van der Waals surface area contributed by atoms with Gasteiger partial charge in [-0.2, -0.15) is 0 Å². The van der Waals surface area contributed by atoms with E-state index in [9.17, 15) is 13.2 Å². The van der Waals surface area contributed by atoms with Crippen molar-refractivity contribution >= 4 is 21.6 Å². The van der Waals surface area contributed by atoms with Crippen molar-refractivity contribution in [2.75, 3.05) is 37.0 Å². The SMILES string of the molecule is COc1ncc(C)cc1NC(=O)N1CC2(C1)CS(=O)(=O)C2. The van der Waals surface area contributed by atoms with Crippen LogP contribution in [-0.2, 0) is 9.84 Å². The Morgan fingerprint density at radius 2 is 2.10 bits per heavy atom. The van der Waals surface area contributed by atoms with Gasteiger partial charge in [0, 0.05) is 24.7 Å². The van der Waals surface area contributed by atoms with E-state index in [1.54, 1.807) is 17.2 Å². The molecule has 0 aliphatic carbocycles. The van der Waals surface area contributed by atoms with Crippen LogP contribution in [0.15, 0.2) is 12.3 Å². The van der Waals surface area contributed by atoms with Gasteiger partial charge in [0.05, 0.1) is 18.6 Å². The van der Waals surface area contributed by atoms with Crippen molar-refractivity contribution in [1.29, 1.82) is 0 Å². The summed E-state index contributed by atoms with van der Waals surface area (Å²) in [6, 6.07) is 1.53. The number of urea groups is 1. The van der Waals surface area contributed by atoms with Crippen LogP contribution >= 0.6 is 0 Å². The summed E-state index contributed by atoms with van der Waals surface area (Å²) in [6.45, 7) is 2.85. The third-order valence-electron chi connectivity index (χ3n) is 3.81. The van der Waals surface area contributed by atoms with Crippen LogP contribution in [-0.4, -0.2) is 56.0 Å². The molecule has 1 aromatic rings. The van der Waals surface area contributed by atoms with E-state index in [0.717, 1.165) is 5.56 Å². The summed E-state index contributed by atoms with van der Waals surface area (Å²) in [6.07, 6.45) is 1.66. The first-order valence-corrected chi connectivity index (χ1v) is 8.42. The molecule has 114 valence electrons. The van der Waals surface area contributed by atoms with Crippen LogP contribution in [0.1, 0.15) is 5.56 Å². The Kier molecular flexibility index (Phi) is 3.09. The minimum absolute atomic E-state index is 0.194. The first-order chi connectivity index (χ1) is 9.82. The van der Waals surface area contributed by atoms with Crippen LogP contribution in [0.3, 0.4) is 0 Å². The first kappa shape index (κ1) is 14.1. The third kappa shape index (κ3) is 2.55. The topological polar surface area (TPSA) is 88.6 Å². The molecule has 21 heavy (non-hydrogen) atoms. The number of carbonyl (C=O) groups excluding carboxylic acids is 1. The molecule has 8 heteroatoms. The van der Waals surface area contributed by atoms with Crippen LogP contribution in [0.4, 0.5) is 10.5 Å². The smallest absolute Gasteiger partial charge is 0.322 e. The number of methoxy groups -OCH3 is 1. The number of hydrogen-bond donors (Lipinski definition) is 1. The van der Waals surface area contributed by atoms with Gasteiger partial charge in [0.1, 0.15) is 5.69 Å². The van der Waals surface area contributed by atoms with E-state index in [4.69, 9.17) is 4.74 Å². The Balaban J connectivity index is 1.62. The number of ether oxygens (including phenoxy) is 1. The molecular weight excluding hydrogens is 294 g/mol. The molecule has 2 aliphatic rings. The highest BCUT2D eigenvalue weighted by atomic mass is 32.2. The highest BCUT2D eigenvalue weighted by molar-refractivity contribution is 7.92. The molecule has 2 saturated heterocycles. The summed E-state index contributed by atoms with van der Waals surface area (Å²) in [7, 11) is -1.37. The lowest BCUT2D eigenvalue weighted by Gasteiger charge is -2.54. The van der Waals surface area contributed by atoms with Gasteiger partial charge in [0.2, 0.25) is 5.88 Å². The number of nitrogens with zero attached hydrogens (tertiary/aromatic N) is 2. The van der Waals surface area contributed by atoms with E-state index in [-0.39, 0.29) is 23.0 Å². The van der Waals surface area contributed by atoms with Gasteiger partial charge in [-0.25, -0.2) is 18.2 Å². The van der Waals surface area contributed by atoms with E-state index in [1.807, 2.05) is 6.92 Å². The molecule has 2 aliphatic heterocycles. The predicted octanol–water partition coefficient (Wildman–Crippen LogP) is 0.661. The molecule has 2 amide bonds. The Bertz CT molecular complexity index is 681. The lowest BCUT2D eigenvalue weighted by molar-refractivity contribution is 0.0618. The van der Waals surface area contributed by atoms with E-state index in [0.29, 0.717) is 24.7 Å². The van der Waals surface area contributed by atoms with Gasteiger partial charge in [-0.3, -0.25) is 0 Å². The molecule has 0 unspecified atom stereocenters. The van der Waals surface area contributed by atoms with Crippen LogP contribution < -0.4 is 10.1 Å². The molecule has 7 nitrogen and oxygen atoms in total. The summed E-state index contributed by atoms with van der Waals surface area (Å²) >= 11 is 0. The zero-order valence-electron chi connectivity index (χ0n) is 11.9. The molecule has 0 bridgehead atoms. The number of rotatable bonds is 2. The van der Waals surface area contributed by atoms with Crippen molar-refractivity contribution in [3.63, 3.8) is 0 Å². The molecule has 1 aromatic heterocycles. The molecular formula is C13H17N3O4S. The maximum atomic E-state index is 12.1. The Morgan fingerprint density at radius 3 is 2.67 bits per heavy atom. The minimum atomic E-state index is -2.86. The second-order valence-electron chi connectivity index (χ2n) is 5.89. The van der Waals surface area contributed by atoms with Crippen LogP contribution in [0.5, 0.6) is 5.88 Å². The summed E-state index contributed by atoms with van der Waals surface area (Å²) in [5.74, 6) is 0.744. The summed E-state index contributed by atoms with van der Waals surface area (Å²) in [5, 5.41) is 2.76. The van der Waals surface area contributed by atoms with Gasteiger partial charge in [-0.1, -0.05) is 0 Å². The number of hydrogen-bond acceptors (Lipinski definition) is 5. The van der Waals surface area contributed by atoms with Crippen molar-refractivity contribution < 1.29 is 17.9 Å². The van der Waals surface area contributed by atoms with Gasteiger partial charge < -0.3 is 15.0 Å². The highest BCUT2D eigenvalue weighted by Gasteiger charge is 2.57. The first-order valence-electron chi connectivity index (χ1n) is 6.60. The fourth-order valence-corrected chi connectivity index (χ4v) is 5.13. The average Bonchev–Trinajstić information content (AvgIpc) is 2.32. The van der Waals surface area contributed by atoms with E-state index in [2.05, 4.69) is 10.3 Å². The molecule has 0 atom stereocenters. The second kappa shape index (κ2) is 4.59. The zero-order chi connectivity index (χ0) is 15.3. The number of likely N-dealkylation sites (tertiary alicyclic amines) is 1. The number of anilines is 1. The molecule has 0 saturated carbocycles. The van der Waals surface area contributed by atoms with Crippen LogP contribution in [0, 0.1) is 12.3 Å². The number of aryl methyl sites for hydroxylation is 1. The maximum Gasteiger partial charge on any atom is 0.322 e. The monoisotopic (exact) mass is 311 g/mol. The normalized spacial score (nSPS) is 21.3. The number of aromatic nitrogens is 1. The van der Waals surface area contributed by atoms with Gasteiger partial charge in [-0.05, 0) is 18.6 Å². The number of nitrogens with one attached hydrogen (secondary N) is 1. The number of pyridine rings is 1. The molecule has 1 spiro atoms. The predicted molar refractivity (Wildman–Crippen MR) is 77.2 cm³/mol. The largest absolute Gasteiger partial charge is 0.480 e. The van der Waals surface area contributed by atoms with Crippen LogP contribution in [0.2, 0.25) is 0 Å². The fourth-order valence-electron chi connectivity index (χ4n) is 2.98. The number of amides is 2. The molecule has 1 N–H and O–H groups in total. The minimum Gasteiger partial charge on any atom is -0.480 e. The average molecular weight is 311 g/mol. The summed E-state index contributed by atoms with van der Waals surface area (Å²) < 4.78 is 27.6. The van der Waals surface area contributed by atoms with Crippen molar-refractivity contribution in [3.8, 4) is 5.88 Å². The zero-order valence-corrected chi connectivity index (χ0v) is 12.7. The van der Waals surface area contributed by atoms with E-state index < -0.39 is 9.84 Å². The van der Waals surface area contributed by atoms with Gasteiger partial charge >= 0.3 is 6.03 Å². The summed E-state index contributed by atoms with van der Waals surface area (Å²) in [4.78, 5) is 17.8.